The lowest BCUT2D eigenvalue weighted by Gasteiger charge is -2.16. The van der Waals surface area contributed by atoms with Crippen LogP contribution >= 0.6 is 0 Å². The first kappa shape index (κ1) is 18.9. The summed E-state index contributed by atoms with van der Waals surface area (Å²) in [6, 6.07) is 1.02. The number of carbonyl (C=O) groups excluding carboxylic acids is 1. The first-order chi connectivity index (χ1) is 11.8. The molecule has 2 heterocycles. The van der Waals surface area contributed by atoms with Gasteiger partial charge in [0.2, 0.25) is 5.91 Å². The summed E-state index contributed by atoms with van der Waals surface area (Å²) in [5.74, 6) is -0.320. The summed E-state index contributed by atoms with van der Waals surface area (Å²) in [4.78, 5) is 15.6. The Morgan fingerprint density at radius 1 is 1.40 bits per heavy atom. The number of nitrogens with one attached hydrogen (secondary N) is 1. The molecule has 0 saturated heterocycles. The molecule has 7 nitrogen and oxygen atoms in total. The molecule has 0 fully saturated rings. The fourth-order valence-electron chi connectivity index (χ4n) is 2.40. The third-order valence-electron chi connectivity index (χ3n) is 3.58. The molecule has 1 N–H and O–H groups in total. The maximum atomic E-state index is 12.9. The van der Waals surface area contributed by atoms with Crippen LogP contribution in [-0.2, 0) is 24.1 Å². The number of hydrogen-bond donors (Lipinski definition) is 1. The van der Waals surface area contributed by atoms with Crippen LogP contribution in [0.15, 0.2) is 18.7 Å². The molecule has 0 aliphatic heterocycles. The van der Waals surface area contributed by atoms with Gasteiger partial charge in [-0.1, -0.05) is 6.92 Å². The SMILES string of the molecule is Cc1cc(C(F)(F)F)n(CC(C)CNC(=O)CCCn2cncn2)n1. The van der Waals surface area contributed by atoms with Gasteiger partial charge in [-0.2, -0.15) is 23.4 Å². The normalized spacial score (nSPS) is 13.0. The van der Waals surface area contributed by atoms with Crippen LogP contribution in [-0.4, -0.2) is 37.0 Å². The Labute approximate surface area is 143 Å². The fraction of sp³-hybridized carbons (Fsp3) is 0.600. The third-order valence-corrected chi connectivity index (χ3v) is 3.58. The van der Waals surface area contributed by atoms with Crippen LogP contribution in [0.4, 0.5) is 13.2 Å². The standard InChI is InChI=1S/C15H21F3N6O/c1-11(8-24-13(15(16,17)18)6-12(2)22-24)7-20-14(25)4-3-5-23-10-19-9-21-23/h6,9-11H,3-5,7-8H2,1-2H3,(H,20,25). The van der Waals surface area contributed by atoms with E-state index in [1.54, 1.807) is 17.9 Å². The van der Waals surface area contributed by atoms with Crippen LogP contribution in [0.25, 0.3) is 0 Å². The molecule has 0 aliphatic rings. The molecule has 0 radical (unpaired) electrons. The molecule has 0 saturated carbocycles. The van der Waals surface area contributed by atoms with Crippen LogP contribution in [0.3, 0.4) is 0 Å². The summed E-state index contributed by atoms with van der Waals surface area (Å²) in [5.41, 5.74) is -0.451. The predicted octanol–water partition coefficient (Wildman–Crippen LogP) is 2.03. The Hall–Kier alpha value is -2.39. The molecule has 1 amide bonds. The van der Waals surface area contributed by atoms with E-state index >= 15 is 0 Å². The van der Waals surface area contributed by atoms with Crippen molar-refractivity contribution < 1.29 is 18.0 Å². The van der Waals surface area contributed by atoms with E-state index in [1.165, 1.54) is 13.3 Å². The molecule has 10 heteroatoms. The first-order valence-electron chi connectivity index (χ1n) is 7.96. The van der Waals surface area contributed by atoms with Gasteiger partial charge in [-0.05, 0) is 25.3 Å². The molecule has 2 aromatic rings. The van der Waals surface area contributed by atoms with Crippen molar-refractivity contribution in [1.29, 1.82) is 0 Å². The number of aromatic nitrogens is 5. The van der Waals surface area contributed by atoms with Crippen LogP contribution in [0.5, 0.6) is 0 Å². The van der Waals surface area contributed by atoms with Crippen molar-refractivity contribution in [2.24, 2.45) is 5.92 Å². The van der Waals surface area contributed by atoms with E-state index in [4.69, 9.17) is 0 Å². The molecule has 138 valence electrons. The zero-order valence-corrected chi connectivity index (χ0v) is 14.1. The van der Waals surface area contributed by atoms with Gasteiger partial charge in [0, 0.05) is 26.1 Å². The van der Waals surface area contributed by atoms with E-state index in [2.05, 4.69) is 20.5 Å². The summed E-state index contributed by atoms with van der Waals surface area (Å²) < 4.78 is 41.4. The van der Waals surface area contributed by atoms with Gasteiger partial charge in [-0.25, -0.2) is 4.98 Å². The second-order valence-corrected chi connectivity index (χ2v) is 6.02. The minimum atomic E-state index is -4.44. The summed E-state index contributed by atoms with van der Waals surface area (Å²) >= 11 is 0. The molecule has 0 bridgehead atoms. The Bertz CT molecular complexity index is 680. The maximum Gasteiger partial charge on any atom is 0.433 e. The fourth-order valence-corrected chi connectivity index (χ4v) is 2.40. The number of amides is 1. The number of rotatable bonds is 8. The van der Waals surface area contributed by atoms with Gasteiger partial charge in [0.1, 0.15) is 18.3 Å². The maximum absolute atomic E-state index is 12.9. The minimum Gasteiger partial charge on any atom is -0.356 e. The van der Waals surface area contributed by atoms with Crippen molar-refractivity contribution in [2.75, 3.05) is 6.54 Å². The highest BCUT2D eigenvalue weighted by Gasteiger charge is 2.35. The van der Waals surface area contributed by atoms with Gasteiger partial charge >= 0.3 is 6.18 Å². The molecule has 0 spiro atoms. The van der Waals surface area contributed by atoms with E-state index in [0.717, 1.165) is 10.7 Å². The summed E-state index contributed by atoms with van der Waals surface area (Å²) in [6.45, 7) is 4.25. The van der Waals surface area contributed by atoms with Gasteiger partial charge in [0.15, 0.2) is 0 Å². The molecule has 2 aromatic heterocycles. The number of halogens is 3. The third kappa shape index (κ3) is 5.87. The second-order valence-electron chi connectivity index (χ2n) is 6.02. The van der Waals surface area contributed by atoms with Crippen LogP contribution in [0.2, 0.25) is 0 Å². The highest BCUT2D eigenvalue weighted by Crippen LogP contribution is 2.30. The molecule has 0 aromatic carbocycles. The van der Waals surface area contributed by atoms with Gasteiger partial charge in [0.25, 0.3) is 0 Å². The van der Waals surface area contributed by atoms with Gasteiger partial charge < -0.3 is 5.32 Å². The molecular formula is C15H21F3N6O. The van der Waals surface area contributed by atoms with Crippen molar-refractivity contribution in [2.45, 2.75) is 46.0 Å². The molecule has 2 rings (SSSR count). The quantitative estimate of drug-likeness (QED) is 0.783. The lowest BCUT2D eigenvalue weighted by Crippen LogP contribution is -2.31. The van der Waals surface area contributed by atoms with E-state index in [1.807, 2.05) is 0 Å². The Kier molecular flexibility index (Phi) is 6.16. The van der Waals surface area contributed by atoms with E-state index in [9.17, 15) is 18.0 Å². The second kappa shape index (κ2) is 8.13. The summed E-state index contributed by atoms with van der Waals surface area (Å²) in [5, 5.41) is 10.6. The van der Waals surface area contributed by atoms with Crippen LogP contribution in [0, 0.1) is 12.8 Å². The Morgan fingerprint density at radius 3 is 2.80 bits per heavy atom. The van der Waals surface area contributed by atoms with Crippen molar-refractivity contribution in [3.8, 4) is 0 Å². The van der Waals surface area contributed by atoms with Crippen molar-refractivity contribution in [3.63, 3.8) is 0 Å². The molecule has 0 aliphatic carbocycles. The van der Waals surface area contributed by atoms with E-state index in [0.29, 0.717) is 31.6 Å². The minimum absolute atomic E-state index is 0.0852. The smallest absolute Gasteiger partial charge is 0.356 e. The van der Waals surface area contributed by atoms with E-state index in [-0.39, 0.29) is 18.4 Å². The number of carbonyl (C=O) groups is 1. The first-order valence-corrected chi connectivity index (χ1v) is 7.96. The largest absolute Gasteiger partial charge is 0.433 e. The highest BCUT2D eigenvalue weighted by molar-refractivity contribution is 5.75. The van der Waals surface area contributed by atoms with E-state index < -0.39 is 11.9 Å². The topological polar surface area (TPSA) is 77.6 Å². The van der Waals surface area contributed by atoms with Crippen molar-refractivity contribution >= 4 is 5.91 Å². The van der Waals surface area contributed by atoms with Gasteiger partial charge in [-0.15, -0.1) is 0 Å². The highest BCUT2D eigenvalue weighted by atomic mass is 19.4. The molecule has 1 atom stereocenters. The average Bonchev–Trinajstić information content (AvgIpc) is 3.14. The lowest BCUT2D eigenvalue weighted by atomic mass is 10.1. The molecule has 1 unspecified atom stereocenters. The zero-order chi connectivity index (χ0) is 18.4. The predicted molar refractivity (Wildman–Crippen MR) is 83.4 cm³/mol. The van der Waals surface area contributed by atoms with Gasteiger partial charge in [-0.3, -0.25) is 14.2 Å². The van der Waals surface area contributed by atoms with Crippen molar-refractivity contribution in [1.82, 2.24) is 29.9 Å². The summed E-state index contributed by atoms with van der Waals surface area (Å²) in [6.07, 6.45) is -0.509. The molecular weight excluding hydrogens is 337 g/mol. The van der Waals surface area contributed by atoms with Crippen LogP contribution < -0.4 is 5.32 Å². The monoisotopic (exact) mass is 358 g/mol. The molecule has 25 heavy (non-hydrogen) atoms. The number of hydrogen-bond acceptors (Lipinski definition) is 4. The van der Waals surface area contributed by atoms with Gasteiger partial charge in [0.05, 0.1) is 5.69 Å². The summed E-state index contributed by atoms with van der Waals surface area (Å²) in [7, 11) is 0. The Balaban J connectivity index is 1.75. The number of nitrogens with zero attached hydrogens (tertiary/aromatic N) is 5. The Morgan fingerprint density at radius 2 is 2.16 bits per heavy atom. The lowest BCUT2D eigenvalue weighted by molar-refractivity contribution is -0.144. The van der Waals surface area contributed by atoms with Crippen LogP contribution in [0.1, 0.15) is 31.2 Å². The average molecular weight is 358 g/mol. The number of alkyl halides is 3. The number of aryl methyl sites for hydroxylation is 2. The van der Waals surface area contributed by atoms with Crippen molar-refractivity contribution in [3.05, 3.63) is 30.1 Å². The zero-order valence-electron chi connectivity index (χ0n) is 14.1.